The quantitative estimate of drug-likeness (QED) is 0.166. The van der Waals surface area contributed by atoms with E-state index in [0.29, 0.717) is 0 Å². The molecular weight excluding hydrogens is 821 g/mol. The van der Waals surface area contributed by atoms with Gasteiger partial charge in [0.15, 0.2) is 0 Å². The van der Waals surface area contributed by atoms with E-state index < -0.39 is 0 Å². The molecule has 11 aromatic rings. The van der Waals surface area contributed by atoms with Crippen LogP contribution in [0.4, 0.5) is 0 Å². The maximum absolute atomic E-state index is 4.91. The highest BCUT2D eigenvalue weighted by Gasteiger charge is 2.36. The second-order valence-electron chi connectivity index (χ2n) is 19.7. The molecule has 68 heavy (non-hydrogen) atoms. The van der Waals surface area contributed by atoms with Gasteiger partial charge in [-0.3, -0.25) is 0 Å². The fourth-order valence-corrected chi connectivity index (χ4v) is 11.7. The number of hydrogen-bond donors (Lipinski definition) is 0. The number of aromatic nitrogens is 2. The Labute approximate surface area is 398 Å². The number of rotatable bonds is 6. The molecule has 0 saturated heterocycles. The number of benzene rings is 10. The minimum Gasteiger partial charge on any atom is -0.236 e. The molecule has 2 aliphatic carbocycles. The Morgan fingerprint density at radius 1 is 0.250 bits per heavy atom. The van der Waals surface area contributed by atoms with E-state index in [9.17, 15) is 0 Å². The van der Waals surface area contributed by atoms with E-state index in [1.807, 2.05) is 0 Å². The van der Waals surface area contributed by atoms with E-state index >= 15 is 0 Å². The maximum atomic E-state index is 4.91. The second kappa shape index (κ2) is 15.2. The molecule has 1 heterocycles. The third kappa shape index (κ3) is 6.17. The van der Waals surface area contributed by atoms with Crippen molar-refractivity contribution in [3.8, 4) is 89.3 Å². The van der Waals surface area contributed by atoms with Gasteiger partial charge in [0.05, 0.1) is 11.4 Å². The highest BCUT2D eigenvalue weighted by atomic mass is 14.8. The van der Waals surface area contributed by atoms with Crippen LogP contribution in [0.5, 0.6) is 0 Å². The molecule has 0 spiro atoms. The zero-order chi connectivity index (χ0) is 45.7. The van der Waals surface area contributed by atoms with Gasteiger partial charge in [-0.2, -0.15) is 0 Å². The molecule has 2 nitrogen and oxygen atoms in total. The Balaban J connectivity index is 0.837. The fourth-order valence-electron chi connectivity index (χ4n) is 11.7. The summed E-state index contributed by atoms with van der Waals surface area (Å²) in [7, 11) is 0. The van der Waals surface area contributed by atoms with Crippen LogP contribution in [-0.4, -0.2) is 9.97 Å². The monoisotopic (exact) mass is 868 g/mol. The first-order chi connectivity index (χ1) is 33.2. The maximum Gasteiger partial charge on any atom is 0.116 e. The van der Waals surface area contributed by atoms with Crippen LogP contribution in [0.2, 0.25) is 0 Å². The average Bonchev–Trinajstić information content (AvgIpc) is 3.76. The number of nitrogens with zero attached hydrogens (tertiary/aromatic N) is 2. The summed E-state index contributed by atoms with van der Waals surface area (Å²) in [5.74, 6) is 0. The summed E-state index contributed by atoms with van der Waals surface area (Å²) in [6, 6.07) is 78.4. The molecule has 1 aromatic heterocycles. The molecule has 0 atom stereocenters. The van der Waals surface area contributed by atoms with Crippen molar-refractivity contribution in [2.75, 3.05) is 0 Å². The fraction of sp³-hybridized carbons (Fsp3) is 0.0909. The van der Waals surface area contributed by atoms with Gasteiger partial charge in [0.2, 0.25) is 0 Å². The summed E-state index contributed by atoms with van der Waals surface area (Å²) in [6.45, 7) is 9.39. The lowest BCUT2D eigenvalue weighted by atomic mass is 9.81. The lowest BCUT2D eigenvalue weighted by Gasteiger charge is -2.22. The van der Waals surface area contributed by atoms with E-state index in [1.54, 1.807) is 6.33 Å². The zero-order valence-corrected chi connectivity index (χ0v) is 38.7. The summed E-state index contributed by atoms with van der Waals surface area (Å²) in [4.78, 5) is 9.82. The SMILES string of the molecule is CC1(C)c2ccccc2-c2ccc(-c3cccc(-c4ccc(-c5cc(-c6ccc(-c7cccc(-c8ccc9c(c8)C(C)(C)c8ccccc8-9)c7)c7ccccc67)ncn5)c5ccccc45)c3)cc21. The Morgan fingerprint density at radius 2 is 0.588 bits per heavy atom. The van der Waals surface area contributed by atoms with E-state index in [0.717, 1.165) is 33.3 Å². The van der Waals surface area contributed by atoms with Gasteiger partial charge < -0.3 is 0 Å². The van der Waals surface area contributed by atoms with Crippen molar-refractivity contribution in [2.45, 2.75) is 38.5 Å². The first kappa shape index (κ1) is 40.1. The highest BCUT2D eigenvalue weighted by Crippen LogP contribution is 2.51. The molecule has 0 unspecified atom stereocenters. The minimum absolute atomic E-state index is 0.0496. The normalized spacial score (nSPS) is 13.8. The van der Waals surface area contributed by atoms with Crippen molar-refractivity contribution >= 4 is 21.5 Å². The molecular formula is C66H48N2. The third-order valence-corrected chi connectivity index (χ3v) is 15.2. The van der Waals surface area contributed by atoms with E-state index in [1.165, 1.54) is 99.8 Å². The lowest BCUT2D eigenvalue weighted by Crippen LogP contribution is -2.14. The Bertz CT molecular complexity index is 3620. The summed E-state index contributed by atoms with van der Waals surface area (Å²) < 4.78 is 0. The van der Waals surface area contributed by atoms with Crippen molar-refractivity contribution in [3.63, 3.8) is 0 Å². The van der Waals surface area contributed by atoms with Crippen LogP contribution in [0, 0.1) is 0 Å². The number of hydrogen-bond acceptors (Lipinski definition) is 2. The van der Waals surface area contributed by atoms with Crippen molar-refractivity contribution < 1.29 is 0 Å². The van der Waals surface area contributed by atoms with Gasteiger partial charge in [0, 0.05) is 22.0 Å². The Morgan fingerprint density at radius 3 is 1.04 bits per heavy atom. The molecule has 0 radical (unpaired) electrons. The smallest absolute Gasteiger partial charge is 0.116 e. The molecule has 0 amide bonds. The standard InChI is InChI=1S/C66H48N2/c1-65(2)59-25-11-9-23-53(59)55-29-27-43(37-61(55)65)41-15-13-17-45(35-41)47-31-33-57(51-21-7-5-19-49(47)51)63-39-64(68-40-67-63)58-34-32-48(50-20-6-8-22-52(50)58)46-18-14-16-42(36-46)44-28-30-56-54-24-10-12-26-60(54)66(3,4)62(56)38-44/h5-40H,1-4H3. The molecule has 10 aromatic carbocycles. The predicted molar refractivity (Wildman–Crippen MR) is 285 cm³/mol. The average molecular weight is 869 g/mol. The zero-order valence-electron chi connectivity index (χ0n) is 38.7. The third-order valence-electron chi connectivity index (χ3n) is 15.2. The molecule has 0 N–H and O–H groups in total. The minimum atomic E-state index is -0.0496. The molecule has 2 heteroatoms. The van der Waals surface area contributed by atoms with E-state index in [-0.39, 0.29) is 10.8 Å². The summed E-state index contributed by atoms with van der Waals surface area (Å²) >= 11 is 0. The van der Waals surface area contributed by atoms with Crippen LogP contribution in [0.1, 0.15) is 49.9 Å². The van der Waals surface area contributed by atoms with Crippen molar-refractivity contribution in [1.29, 1.82) is 0 Å². The van der Waals surface area contributed by atoms with E-state index in [2.05, 4.69) is 240 Å². The Kier molecular flexibility index (Phi) is 8.95. The van der Waals surface area contributed by atoms with Crippen LogP contribution in [0.25, 0.3) is 111 Å². The van der Waals surface area contributed by atoms with Crippen LogP contribution < -0.4 is 0 Å². The molecule has 13 rings (SSSR count). The summed E-state index contributed by atoms with van der Waals surface area (Å²) in [5.41, 5.74) is 24.5. The van der Waals surface area contributed by atoms with Crippen LogP contribution in [-0.2, 0) is 10.8 Å². The molecule has 322 valence electrons. The Hall–Kier alpha value is -8.20. The summed E-state index contributed by atoms with van der Waals surface area (Å²) in [6.07, 6.45) is 1.72. The molecule has 0 saturated carbocycles. The predicted octanol–water partition coefficient (Wildman–Crippen LogP) is 17.4. The number of fused-ring (bicyclic) bond motifs is 8. The summed E-state index contributed by atoms with van der Waals surface area (Å²) in [5, 5.41) is 4.71. The van der Waals surface area contributed by atoms with Gasteiger partial charge in [0.1, 0.15) is 6.33 Å². The van der Waals surface area contributed by atoms with Gasteiger partial charge in [-0.15, -0.1) is 0 Å². The van der Waals surface area contributed by atoms with Crippen LogP contribution in [0.3, 0.4) is 0 Å². The van der Waals surface area contributed by atoms with Gasteiger partial charge >= 0.3 is 0 Å². The molecule has 0 fully saturated rings. The van der Waals surface area contributed by atoms with Gasteiger partial charge in [-0.1, -0.05) is 210 Å². The van der Waals surface area contributed by atoms with Crippen molar-refractivity contribution in [3.05, 3.63) is 241 Å². The first-order valence-electron chi connectivity index (χ1n) is 23.8. The van der Waals surface area contributed by atoms with Crippen LogP contribution >= 0.6 is 0 Å². The van der Waals surface area contributed by atoms with Crippen molar-refractivity contribution in [1.82, 2.24) is 9.97 Å². The van der Waals surface area contributed by atoms with Crippen molar-refractivity contribution in [2.24, 2.45) is 0 Å². The van der Waals surface area contributed by atoms with Gasteiger partial charge in [0.25, 0.3) is 0 Å². The lowest BCUT2D eigenvalue weighted by molar-refractivity contribution is 0.660. The second-order valence-corrected chi connectivity index (χ2v) is 19.7. The molecule has 2 aliphatic rings. The van der Waals surface area contributed by atoms with Crippen LogP contribution in [0.15, 0.2) is 219 Å². The van der Waals surface area contributed by atoms with Gasteiger partial charge in [-0.25, -0.2) is 9.97 Å². The van der Waals surface area contributed by atoms with Gasteiger partial charge in [-0.05, 0) is 141 Å². The topological polar surface area (TPSA) is 25.8 Å². The molecule has 0 bridgehead atoms. The highest BCUT2D eigenvalue weighted by molar-refractivity contribution is 6.07. The van der Waals surface area contributed by atoms with E-state index in [4.69, 9.17) is 9.97 Å². The molecule has 0 aliphatic heterocycles. The largest absolute Gasteiger partial charge is 0.236 e. The first-order valence-corrected chi connectivity index (χ1v) is 23.8.